The lowest BCUT2D eigenvalue weighted by Crippen LogP contribution is -2.30. The number of nitrogens with zero attached hydrogens (tertiary/aromatic N) is 1. The molecule has 3 aliphatic rings. The maximum absolute atomic E-state index is 6.29. The lowest BCUT2D eigenvalue weighted by Gasteiger charge is -2.45. The third-order valence-electron chi connectivity index (χ3n) is 12.5. The highest BCUT2D eigenvalue weighted by Gasteiger charge is 2.44. The minimum Gasteiger partial charge on any atom is -0.456 e. The van der Waals surface area contributed by atoms with Crippen molar-refractivity contribution in [2.24, 2.45) is 0 Å². The Balaban J connectivity index is 1.09. The van der Waals surface area contributed by atoms with Gasteiger partial charge in [0.2, 0.25) is 0 Å². The molecule has 2 bridgehead atoms. The van der Waals surface area contributed by atoms with Gasteiger partial charge in [-0.05, 0) is 109 Å². The van der Waals surface area contributed by atoms with E-state index in [1.165, 1.54) is 66.9 Å². The van der Waals surface area contributed by atoms with Crippen LogP contribution in [0.4, 0.5) is 17.1 Å². The molecule has 0 saturated heterocycles. The molecule has 58 heavy (non-hydrogen) atoms. The summed E-state index contributed by atoms with van der Waals surface area (Å²) in [6, 6.07) is 77.6. The standard InChI is InChI=1S/C56H37NO/c1-3-14-36(15-4-1)37-26-30-40(31-27-37)57(41-32-28-39(29-33-41)42-23-13-25-51-52(42)48-22-11-12-24-50(48)58-51)49-35-34-43(38-16-5-2-6-17-38)55-53-44-18-7-9-20-46(44)54(56(49)55)47-21-10-8-19-45(47)53/h1-35,53-54H. The Morgan fingerprint density at radius 1 is 0.328 bits per heavy atom. The second-order valence-electron chi connectivity index (χ2n) is 15.5. The molecule has 0 saturated carbocycles. The fourth-order valence-electron chi connectivity index (χ4n) is 10.0. The van der Waals surface area contributed by atoms with Crippen LogP contribution < -0.4 is 4.90 Å². The molecule has 2 nitrogen and oxygen atoms in total. The van der Waals surface area contributed by atoms with Crippen LogP contribution in [-0.4, -0.2) is 0 Å². The van der Waals surface area contributed by atoms with Crippen LogP contribution in [0.3, 0.4) is 0 Å². The Hall–Kier alpha value is -7.42. The van der Waals surface area contributed by atoms with Gasteiger partial charge in [-0.15, -0.1) is 0 Å². The van der Waals surface area contributed by atoms with Crippen LogP contribution >= 0.6 is 0 Å². The Bertz CT molecular complexity index is 3110. The predicted molar refractivity (Wildman–Crippen MR) is 239 cm³/mol. The van der Waals surface area contributed by atoms with E-state index >= 15 is 0 Å². The van der Waals surface area contributed by atoms with Crippen molar-refractivity contribution in [1.82, 2.24) is 0 Å². The molecule has 3 aliphatic carbocycles. The summed E-state index contributed by atoms with van der Waals surface area (Å²) in [5.41, 5.74) is 21.0. The quantitative estimate of drug-likeness (QED) is 0.169. The van der Waals surface area contributed by atoms with Crippen LogP contribution in [-0.2, 0) is 0 Å². The van der Waals surface area contributed by atoms with E-state index < -0.39 is 0 Å². The van der Waals surface area contributed by atoms with E-state index in [2.05, 4.69) is 211 Å². The molecule has 1 aromatic heterocycles. The number of hydrogen-bond acceptors (Lipinski definition) is 2. The first-order valence-electron chi connectivity index (χ1n) is 20.2. The van der Waals surface area contributed by atoms with Gasteiger partial charge < -0.3 is 9.32 Å². The van der Waals surface area contributed by atoms with Crippen molar-refractivity contribution < 1.29 is 4.42 Å². The number of benzene rings is 9. The molecule has 2 heteroatoms. The zero-order valence-electron chi connectivity index (χ0n) is 31.7. The third kappa shape index (κ3) is 4.98. The van der Waals surface area contributed by atoms with Gasteiger partial charge in [0.05, 0.1) is 5.69 Å². The third-order valence-corrected chi connectivity index (χ3v) is 12.5. The fraction of sp³-hybridized carbons (Fsp3) is 0.0357. The van der Waals surface area contributed by atoms with Gasteiger partial charge in [0.25, 0.3) is 0 Å². The molecular formula is C56H37NO. The molecule has 0 fully saturated rings. The summed E-state index contributed by atoms with van der Waals surface area (Å²) in [4.78, 5) is 2.49. The molecule has 0 unspecified atom stereocenters. The Labute approximate surface area is 337 Å². The second kappa shape index (κ2) is 13.1. The van der Waals surface area contributed by atoms with Crippen molar-refractivity contribution in [2.75, 3.05) is 4.90 Å². The van der Waals surface area contributed by atoms with Crippen LogP contribution in [0, 0.1) is 0 Å². The smallest absolute Gasteiger partial charge is 0.136 e. The van der Waals surface area contributed by atoms with Gasteiger partial charge in [0, 0.05) is 34.0 Å². The number of anilines is 3. The number of para-hydroxylation sites is 1. The maximum Gasteiger partial charge on any atom is 0.136 e. The Morgan fingerprint density at radius 2 is 0.810 bits per heavy atom. The summed E-state index contributed by atoms with van der Waals surface area (Å²) >= 11 is 0. The highest BCUT2D eigenvalue weighted by atomic mass is 16.3. The Morgan fingerprint density at radius 3 is 1.45 bits per heavy atom. The summed E-state index contributed by atoms with van der Waals surface area (Å²) in [7, 11) is 0. The minimum absolute atomic E-state index is 0.0865. The maximum atomic E-state index is 6.29. The zero-order valence-corrected chi connectivity index (χ0v) is 31.7. The second-order valence-corrected chi connectivity index (χ2v) is 15.5. The van der Waals surface area contributed by atoms with E-state index in [0.29, 0.717) is 0 Å². The van der Waals surface area contributed by atoms with Gasteiger partial charge in [-0.3, -0.25) is 0 Å². The van der Waals surface area contributed by atoms with Crippen LogP contribution in [0.2, 0.25) is 0 Å². The van der Waals surface area contributed by atoms with E-state index in [1.807, 2.05) is 6.07 Å². The molecule has 0 atom stereocenters. The van der Waals surface area contributed by atoms with Crippen molar-refractivity contribution in [3.8, 4) is 33.4 Å². The number of hydrogen-bond donors (Lipinski definition) is 0. The van der Waals surface area contributed by atoms with Crippen molar-refractivity contribution in [2.45, 2.75) is 11.8 Å². The number of rotatable bonds is 6. The number of fused-ring (bicyclic) bond motifs is 3. The molecule has 1 heterocycles. The monoisotopic (exact) mass is 739 g/mol. The predicted octanol–water partition coefficient (Wildman–Crippen LogP) is 15.0. The molecule has 0 aliphatic heterocycles. The molecule has 0 amide bonds. The average molecular weight is 740 g/mol. The van der Waals surface area contributed by atoms with Crippen LogP contribution in [0.5, 0.6) is 0 Å². The molecule has 10 aromatic rings. The summed E-state index contributed by atoms with van der Waals surface area (Å²) in [6.45, 7) is 0. The van der Waals surface area contributed by atoms with Gasteiger partial charge in [-0.2, -0.15) is 0 Å². The highest BCUT2D eigenvalue weighted by Crippen LogP contribution is 2.61. The molecule has 0 spiro atoms. The zero-order chi connectivity index (χ0) is 38.2. The largest absolute Gasteiger partial charge is 0.456 e. The SMILES string of the molecule is c1ccc(-c2ccc(N(c3ccc(-c4cccc5oc6ccccc6c45)cc3)c3ccc(-c4ccccc4)c4c3C3c5ccccc5C4c4ccccc43)cc2)cc1. The molecule has 0 N–H and O–H groups in total. The molecule has 0 radical (unpaired) electrons. The molecule has 13 rings (SSSR count). The molecule has 272 valence electrons. The van der Waals surface area contributed by atoms with Crippen LogP contribution in [0.15, 0.2) is 217 Å². The normalized spacial score (nSPS) is 14.9. The van der Waals surface area contributed by atoms with Gasteiger partial charge in [0.15, 0.2) is 0 Å². The van der Waals surface area contributed by atoms with Crippen molar-refractivity contribution >= 4 is 39.0 Å². The van der Waals surface area contributed by atoms with Crippen LogP contribution in [0.25, 0.3) is 55.3 Å². The van der Waals surface area contributed by atoms with Crippen molar-refractivity contribution in [1.29, 1.82) is 0 Å². The summed E-state index contributed by atoms with van der Waals surface area (Å²) < 4.78 is 6.29. The Kier molecular flexibility index (Phi) is 7.39. The average Bonchev–Trinajstić information content (AvgIpc) is 3.69. The minimum atomic E-state index is 0.0865. The summed E-state index contributed by atoms with van der Waals surface area (Å²) in [5, 5.41) is 2.29. The lowest BCUT2D eigenvalue weighted by molar-refractivity contribution is 0.669. The first-order chi connectivity index (χ1) is 28.8. The highest BCUT2D eigenvalue weighted by molar-refractivity contribution is 6.12. The van der Waals surface area contributed by atoms with Crippen molar-refractivity contribution in [3.05, 3.63) is 246 Å². The van der Waals surface area contributed by atoms with E-state index in [9.17, 15) is 0 Å². The fourth-order valence-corrected chi connectivity index (χ4v) is 10.0. The van der Waals surface area contributed by atoms with Crippen LogP contribution in [0.1, 0.15) is 45.2 Å². The topological polar surface area (TPSA) is 16.4 Å². The molecular weight excluding hydrogens is 703 g/mol. The van der Waals surface area contributed by atoms with E-state index in [4.69, 9.17) is 4.42 Å². The van der Waals surface area contributed by atoms with Gasteiger partial charge >= 0.3 is 0 Å². The summed E-state index contributed by atoms with van der Waals surface area (Å²) in [5.74, 6) is 0.209. The summed E-state index contributed by atoms with van der Waals surface area (Å²) in [6.07, 6.45) is 0. The van der Waals surface area contributed by atoms with Crippen molar-refractivity contribution in [3.63, 3.8) is 0 Å². The van der Waals surface area contributed by atoms with Gasteiger partial charge in [0.1, 0.15) is 11.2 Å². The van der Waals surface area contributed by atoms with E-state index in [-0.39, 0.29) is 11.8 Å². The van der Waals surface area contributed by atoms with E-state index in [0.717, 1.165) is 38.9 Å². The molecule has 9 aromatic carbocycles. The van der Waals surface area contributed by atoms with Gasteiger partial charge in [-0.1, -0.05) is 170 Å². The van der Waals surface area contributed by atoms with Gasteiger partial charge in [-0.25, -0.2) is 0 Å². The lowest BCUT2D eigenvalue weighted by atomic mass is 9.59. The first kappa shape index (κ1) is 32.8. The first-order valence-corrected chi connectivity index (χ1v) is 20.2. The number of furan rings is 1. The van der Waals surface area contributed by atoms with E-state index in [1.54, 1.807) is 0 Å².